The fraction of sp³-hybridized carbons (Fsp3) is 0.684. The summed E-state index contributed by atoms with van der Waals surface area (Å²) < 4.78 is 30.8. The molecule has 0 aromatic heterocycles. The maximum absolute atomic E-state index is 6.42. The van der Waals surface area contributed by atoms with E-state index in [4.69, 9.17) is 23.7 Å². The second kappa shape index (κ2) is 23.6. The number of benzene rings is 2. The van der Waals surface area contributed by atoms with E-state index >= 15 is 0 Å². The Balaban J connectivity index is 1.30. The predicted molar refractivity (Wildman–Crippen MR) is 176 cm³/mol. The highest BCUT2D eigenvalue weighted by molar-refractivity contribution is 5.14. The molecule has 0 spiro atoms. The molecule has 43 heavy (non-hydrogen) atoms. The Hall–Kier alpha value is -1.76. The first-order valence-electron chi connectivity index (χ1n) is 17.4. The first-order chi connectivity index (χ1) is 21.3. The van der Waals surface area contributed by atoms with Crippen LogP contribution >= 0.6 is 0 Å². The van der Waals surface area contributed by atoms with Crippen molar-refractivity contribution in [3.63, 3.8) is 0 Å². The first-order valence-corrected chi connectivity index (χ1v) is 17.4. The van der Waals surface area contributed by atoms with E-state index in [1.807, 2.05) is 36.4 Å². The molecule has 3 rings (SSSR count). The molecule has 0 bridgehead atoms. The zero-order chi connectivity index (χ0) is 30.2. The second-order valence-corrected chi connectivity index (χ2v) is 12.2. The van der Waals surface area contributed by atoms with E-state index in [2.05, 4.69) is 31.2 Å². The van der Waals surface area contributed by atoms with E-state index in [0.29, 0.717) is 26.4 Å². The molecule has 5 heteroatoms. The molecule has 4 atom stereocenters. The van der Waals surface area contributed by atoms with E-state index in [1.165, 1.54) is 96.3 Å². The van der Waals surface area contributed by atoms with Crippen LogP contribution in [0.1, 0.15) is 121 Å². The smallest absolute Gasteiger partial charge is 0.186 e. The lowest BCUT2D eigenvalue weighted by Gasteiger charge is -2.24. The molecule has 1 fully saturated rings. The van der Waals surface area contributed by atoms with E-state index in [1.54, 1.807) is 7.11 Å². The molecule has 0 N–H and O–H groups in total. The highest BCUT2D eigenvalue weighted by Crippen LogP contribution is 2.29. The fourth-order valence-electron chi connectivity index (χ4n) is 5.90. The van der Waals surface area contributed by atoms with Gasteiger partial charge in [0.1, 0.15) is 18.3 Å². The Kier molecular flexibility index (Phi) is 19.6. The third-order valence-corrected chi connectivity index (χ3v) is 8.49. The molecule has 5 nitrogen and oxygen atoms in total. The lowest BCUT2D eigenvalue weighted by atomic mass is 10.0. The molecule has 0 unspecified atom stereocenters. The summed E-state index contributed by atoms with van der Waals surface area (Å²) in [4.78, 5) is 0. The number of rotatable bonds is 26. The topological polar surface area (TPSA) is 46.2 Å². The van der Waals surface area contributed by atoms with E-state index in [9.17, 15) is 0 Å². The number of hydrogen-bond donors (Lipinski definition) is 0. The number of methoxy groups -OCH3 is 1. The van der Waals surface area contributed by atoms with Crippen LogP contribution in [0.25, 0.3) is 0 Å². The second-order valence-electron chi connectivity index (χ2n) is 12.2. The SMILES string of the molecule is CCCCCCCCCCCCCCCCCCO[C@H]1[C@@H](OC)O[C@H](COCc2ccccc2)[C@@H]1OCc1ccccc1. The van der Waals surface area contributed by atoms with Crippen LogP contribution < -0.4 is 0 Å². The highest BCUT2D eigenvalue weighted by atomic mass is 16.7. The van der Waals surface area contributed by atoms with Gasteiger partial charge in [0.25, 0.3) is 0 Å². The van der Waals surface area contributed by atoms with Crippen LogP contribution in [0.3, 0.4) is 0 Å². The van der Waals surface area contributed by atoms with Gasteiger partial charge in [0.2, 0.25) is 0 Å². The minimum atomic E-state index is -0.466. The zero-order valence-corrected chi connectivity index (χ0v) is 27.3. The van der Waals surface area contributed by atoms with E-state index in [0.717, 1.165) is 17.5 Å². The average molecular weight is 597 g/mol. The number of hydrogen-bond acceptors (Lipinski definition) is 5. The average Bonchev–Trinajstić information content (AvgIpc) is 3.38. The van der Waals surface area contributed by atoms with Crippen molar-refractivity contribution in [2.24, 2.45) is 0 Å². The summed E-state index contributed by atoms with van der Waals surface area (Å²) in [7, 11) is 1.68. The molecule has 2 aromatic rings. The minimum absolute atomic E-state index is 0.256. The van der Waals surface area contributed by atoms with Crippen molar-refractivity contribution < 1.29 is 23.7 Å². The van der Waals surface area contributed by atoms with Crippen LogP contribution in [0.5, 0.6) is 0 Å². The zero-order valence-electron chi connectivity index (χ0n) is 27.3. The molecule has 0 amide bonds. The van der Waals surface area contributed by atoms with Crippen molar-refractivity contribution in [1.29, 1.82) is 0 Å². The Morgan fingerprint density at radius 2 is 1.05 bits per heavy atom. The molecule has 0 aliphatic carbocycles. The first kappa shape index (κ1) is 35.7. The van der Waals surface area contributed by atoms with Crippen LogP contribution in [-0.4, -0.2) is 44.9 Å². The van der Waals surface area contributed by atoms with Gasteiger partial charge in [-0.1, -0.05) is 164 Å². The largest absolute Gasteiger partial charge is 0.374 e. The molecule has 2 aromatic carbocycles. The lowest BCUT2D eigenvalue weighted by Crippen LogP contribution is -2.39. The van der Waals surface area contributed by atoms with Crippen LogP contribution in [0.4, 0.5) is 0 Å². The summed E-state index contributed by atoms with van der Waals surface area (Å²) in [6, 6.07) is 20.5. The van der Waals surface area contributed by atoms with Crippen LogP contribution in [-0.2, 0) is 36.9 Å². The predicted octanol–water partition coefficient (Wildman–Crippen LogP) is 9.81. The van der Waals surface area contributed by atoms with Crippen molar-refractivity contribution in [2.75, 3.05) is 20.3 Å². The summed E-state index contributed by atoms with van der Waals surface area (Å²) in [6.45, 7) is 4.44. The maximum atomic E-state index is 6.42. The van der Waals surface area contributed by atoms with Crippen molar-refractivity contribution in [3.05, 3.63) is 71.8 Å². The normalized spacial score (nSPS) is 20.1. The lowest BCUT2D eigenvalue weighted by molar-refractivity contribution is -0.168. The summed E-state index contributed by atoms with van der Waals surface area (Å²) in [5.41, 5.74) is 2.27. The van der Waals surface area contributed by atoms with Crippen LogP contribution in [0, 0.1) is 0 Å². The number of ether oxygens (including phenoxy) is 5. The standard InChI is InChI=1S/C38H60O5/c1-3-4-5-6-7-8-9-10-11-12-13-14-15-16-17-24-29-41-37-36(42-31-34-27-22-19-23-28-34)35(43-38(37)39-2)32-40-30-33-25-20-18-21-26-33/h18-23,25-28,35-38H,3-17,24,29-32H2,1-2H3/t35-,36+,37-,38+/m1/s1. The van der Waals surface area contributed by atoms with Gasteiger partial charge in [-0.3, -0.25) is 0 Å². The molecule has 1 saturated heterocycles. The summed E-state index contributed by atoms with van der Waals surface area (Å²) in [5, 5.41) is 0. The van der Waals surface area contributed by atoms with Gasteiger partial charge < -0.3 is 23.7 Å². The van der Waals surface area contributed by atoms with E-state index in [-0.39, 0.29) is 18.3 Å². The molecule has 1 heterocycles. The van der Waals surface area contributed by atoms with E-state index < -0.39 is 6.29 Å². The monoisotopic (exact) mass is 596 g/mol. The number of unbranched alkanes of at least 4 members (excludes halogenated alkanes) is 15. The van der Waals surface area contributed by atoms with Gasteiger partial charge in [-0.25, -0.2) is 0 Å². The fourth-order valence-corrected chi connectivity index (χ4v) is 5.90. The molecule has 242 valence electrons. The van der Waals surface area contributed by atoms with Crippen molar-refractivity contribution >= 4 is 0 Å². The Morgan fingerprint density at radius 1 is 0.558 bits per heavy atom. The molecule has 1 aliphatic heterocycles. The van der Waals surface area contributed by atoms with Gasteiger partial charge in [0.15, 0.2) is 6.29 Å². The third-order valence-electron chi connectivity index (χ3n) is 8.49. The molecule has 1 aliphatic rings. The van der Waals surface area contributed by atoms with Crippen LogP contribution in [0.15, 0.2) is 60.7 Å². The van der Waals surface area contributed by atoms with Gasteiger partial charge in [0, 0.05) is 13.7 Å². The van der Waals surface area contributed by atoms with Crippen LogP contribution in [0.2, 0.25) is 0 Å². The summed E-state index contributed by atoms with van der Waals surface area (Å²) >= 11 is 0. The van der Waals surface area contributed by atoms with Crippen molar-refractivity contribution in [1.82, 2.24) is 0 Å². The van der Waals surface area contributed by atoms with Gasteiger partial charge in [0.05, 0.1) is 19.8 Å². The van der Waals surface area contributed by atoms with Crippen molar-refractivity contribution in [3.8, 4) is 0 Å². The Bertz CT molecular complexity index is 892. The molecule has 0 radical (unpaired) electrons. The van der Waals surface area contributed by atoms with Gasteiger partial charge in [-0.2, -0.15) is 0 Å². The summed E-state index contributed by atoms with van der Waals surface area (Å²) in [5.74, 6) is 0. The van der Waals surface area contributed by atoms with Gasteiger partial charge in [-0.05, 0) is 17.5 Å². The third kappa shape index (κ3) is 15.2. The molecule has 0 saturated carbocycles. The minimum Gasteiger partial charge on any atom is -0.374 e. The maximum Gasteiger partial charge on any atom is 0.186 e. The molecular weight excluding hydrogens is 536 g/mol. The van der Waals surface area contributed by atoms with Crippen molar-refractivity contribution in [2.45, 2.75) is 147 Å². The molecular formula is C38H60O5. The highest BCUT2D eigenvalue weighted by Gasteiger charge is 2.46. The Morgan fingerprint density at radius 3 is 1.56 bits per heavy atom. The summed E-state index contributed by atoms with van der Waals surface area (Å²) in [6.07, 6.45) is 20.5. The Labute approximate surface area is 263 Å². The van der Waals surface area contributed by atoms with Gasteiger partial charge in [-0.15, -0.1) is 0 Å². The quantitative estimate of drug-likeness (QED) is 0.101. The van der Waals surface area contributed by atoms with Gasteiger partial charge >= 0.3 is 0 Å².